The molecule has 0 aliphatic heterocycles. The van der Waals surface area contributed by atoms with E-state index in [0.717, 1.165) is 24.9 Å². The van der Waals surface area contributed by atoms with Crippen LogP contribution in [0.2, 0.25) is 0 Å². The van der Waals surface area contributed by atoms with Gasteiger partial charge in [0.25, 0.3) is 7.37 Å². The van der Waals surface area contributed by atoms with E-state index in [2.05, 4.69) is 20.8 Å². The Bertz CT molecular complexity index is 991. The van der Waals surface area contributed by atoms with Crippen molar-refractivity contribution in [3.63, 3.8) is 0 Å². The van der Waals surface area contributed by atoms with Crippen molar-refractivity contribution in [2.45, 2.75) is 52.0 Å². The molecule has 1 saturated carbocycles. The predicted molar refractivity (Wildman–Crippen MR) is 139 cm³/mol. The number of ether oxygens (including phenoxy) is 2. The monoisotopic (exact) mass is 489 g/mol. The Kier molecular flexibility index (Phi) is 8.72. The molecular formula is C27H40NO5P. The first kappa shape index (κ1) is 26.6. The summed E-state index contributed by atoms with van der Waals surface area (Å²) in [5, 5.41) is 12.2. The fourth-order valence-corrected chi connectivity index (χ4v) is 7.18. The van der Waals surface area contributed by atoms with Crippen LogP contribution in [0.1, 0.15) is 51.4 Å². The number of nitrogens with zero attached hydrogens (tertiary/aromatic N) is 1. The Morgan fingerprint density at radius 3 is 2.26 bits per heavy atom. The van der Waals surface area contributed by atoms with Gasteiger partial charge in [0.15, 0.2) is 5.85 Å². The van der Waals surface area contributed by atoms with E-state index in [4.69, 9.17) is 14.0 Å². The third-order valence-corrected chi connectivity index (χ3v) is 9.54. The molecule has 1 N–H and O–H groups in total. The number of anilines is 1. The highest BCUT2D eigenvalue weighted by molar-refractivity contribution is 7.67. The molecule has 0 amide bonds. The van der Waals surface area contributed by atoms with E-state index in [1.807, 2.05) is 43.3 Å². The van der Waals surface area contributed by atoms with E-state index in [0.29, 0.717) is 34.2 Å². The molecule has 0 bridgehead atoms. The standard InChI is InChI=1S/C27H40NO5P/c1-18(2)23-14-8-19(3)16-26(23)33-34(30,22-12-9-20(10-13-22)28(4)5)27(29)24-15-11-21(31-6)17-25(24)32-7/h9-13,15,17-19,23,26-27,29H,8,14,16H2,1-7H3/t19-,23+,26+,27+,34+/m0/s1. The van der Waals surface area contributed by atoms with Crippen LogP contribution in [0.3, 0.4) is 0 Å². The van der Waals surface area contributed by atoms with E-state index < -0.39 is 13.2 Å². The van der Waals surface area contributed by atoms with E-state index in [1.54, 1.807) is 25.3 Å². The van der Waals surface area contributed by atoms with E-state index in [1.165, 1.54) is 7.11 Å². The fourth-order valence-electron chi connectivity index (χ4n) is 4.87. The van der Waals surface area contributed by atoms with Crippen LogP contribution in [0.4, 0.5) is 5.69 Å². The largest absolute Gasteiger partial charge is 0.497 e. The number of aliphatic hydroxyl groups excluding tert-OH is 1. The third-order valence-electron chi connectivity index (χ3n) is 7.02. The Labute approximate surface area is 204 Å². The second-order valence-corrected chi connectivity index (χ2v) is 12.4. The molecule has 0 heterocycles. The number of rotatable bonds is 9. The first-order chi connectivity index (χ1) is 16.1. The van der Waals surface area contributed by atoms with E-state index in [9.17, 15) is 9.67 Å². The molecule has 0 spiro atoms. The average molecular weight is 490 g/mol. The van der Waals surface area contributed by atoms with Gasteiger partial charge in [-0.1, -0.05) is 27.2 Å². The molecule has 34 heavy (non-hydrogen) atoms. The number of benzene rings is 2. The van der Waals surface area contributed by atoms with Crippen LogP contribution in [-0.2, 0) is 9.09 Å². The summed E-state index contributed by atoms with van der Waals surface area (Å²) in [6.45, 7) is 6.60. The highest BCUT2D eigenvalue weighted by atomic mass is 31.2. The number of methoxy groups -OCH3 is 2. The quantitative estimate of drug-likeness (QED) is 0.446. The van der Waals surface area contributed by atoms with Gasteiger partial charge >= 0.3 is 0 Å². The fraction of sp³-hybridized carbons (Fsp3) is 0.556. The minimum absolute atomic E-state index is 0.193. The maximum atomic E-state index is 14.8. The topological polar surface area (TPSA) is 68.2 Å². The molecule has 1 aliphatic rings. The highest BCUT2D eigenvalue weighted by Crippen LogP contribution is 2.61. The van der Waals surface area contributed by atoms with Crippen LogP contribution in [-0.4, -0.2) is 39.5 Å². The molecule has 2 aromatic rings. The van der Waals surface area contributed by atoms with Gasteiger partial charge in [-0.3, -0.25) is 4.57 Å². The Balaban J connectivity index is 2.09. The summed E-state index contributed by atoms with van der Waals surface area (Å²) in [5.41, 5.74) is 1.41. The lowest BCUT2D eigenvalue weighted by Crippen LogP contribution is -2.35. The van der Waals surface area contributed by atoms with Gasteiger partial charge in [-0.15, -0.1) is 0 Å². The maximum Gasteiger partial charge on any atom is 0.264 e. The van der Waals surface area contributed by atoms with Crippen LogP contribution < -0.4 is 19.7 Å². The molecular weight excluding hydrogens is 449 g/mol. The van der Waals surface area contributed by atoms with Crippen LogP contribution in [0.25, 0.3) is 0 Å². The maximum absolute atomic E-state index is 14.8. The average Bonchev–Trinajstić information content (AvgIpc) is 2.82. The molecule has 0 radical (unpaired) electrons. The molecule has 0 aromatic heterocycles. The number of hydrogen-bond donors (Lipinski definition) is 1. The summed E-state index contributed by atoms with van der Waals surface area (Å²) in [5.74, 6) is 0.809. The second kappa shape index (κ2) is 11.2. The molecule has 1 fully saturated rings. The Morgan fingerprint density at radius 1 is 1.03 bits per heavy atom. The summed E-state index contributed by atoms with van der Waals surface area (Å²) < 4.78 is 32.2. The van der Waals surface area contributed by atoms with Gasteiger partial charge < -0.3 is 24.0 Å². The summed E-state index contributed by atoms with van der Waals surface area (Å²) in [4.78, 5) is 1.98. The summed E-state index contributed by atoms with van der Waals surface area (Å²) in [7, 11) is 3.26. The second-order valence-electron chi connectivity index (χ2n) is 9.96. The summed E-state index contributed by atoms with van der Waals surface area (Å²) in [6.07, 6.45) is 2.81. The molecule has 1 aliphatic carbocycles. The zero-order chi connectivity index (χ0) is 25.0. The molecule has 2 aromatic carbocycles. The van der Waals surface area contributed by atoms with Gasteiger partial charge in [-0.2, -0.15) is 0 Å². The van der Waals surface area contributed by atoms with Gasteiger partial charge in [0.1, 0.15) is 11.5 Å². The molecule has 5 atom stereocenters. The van der Waals surface area contributed by atoms with Gasteiger partial charge in [-0.25, -0.2) is 0 Å². The smallest absolute Gasteiger partial charge is 0.264 e. The first-order valence-corrected chi connectivity index (χ1v) is 13.8. The SMILES string of the molecule is COc1ccc([C@H](O)[P@](=O)(O[C@@H]2C[C@@H](C)CC[C@@H]2C(C)C)c2ccc(N(C)C)cc2)c(OC)c1. The van der Waals surface area contributed by atoms with Crippen molar-refractivity contribution in [3.8, 4) is 11.5 Å². The highest BCUT2D eigenvalue weighted by Gasteiger charge is 2.43. The van der Waals surface area contributed by atoms with E-state index >= 15 is 0 Å². The van der Waals surface area contributed by atoms with Crippen molar-refractivity contribution in [2.24, 2.45) is 17.8 Å². The van der Waals surface area contributed by atoms with Gasteiger partial charge in [-0.05, 0) is 67.0 Å². The molecule has 7 heteroatoms. The minimum atomic E-state index is -3.75. The molecule has 0 unspecified atom stereocenters. The van der Waals surface area contributed by atoms with Crippen molar-refractivity contribution in [1.82, 2.24) is 0 Å². The van der Waals surface area contributed by atoms with Crippen LogP contribution >= 0.6 is 7.37 Å². The van der Waals surface area contributed by atoms with Gasteiger partial charge in [0.2, 0.25) is 0 Å². The number of aliphatic hydroxyl groups is 1. The molecule has 188 valence electrons. The van der Waals surface area contributed by atoms with E-state index in [-0.39, 0.29) is 12.0 Å². The predicted octanol–water partition coefficient (Wildman–Crippen LogP) is 5.84. The lowest BCUT2D eigenvalue weighted by molar-refractivity contribution is 0.0425. The van der Waals surface area contributed by atoms with Crippen molar-refractivity contribution in [2.75, 3.05) is 33.2 Å². The van der Waals surface area contributed by atoms with Gasteiger partial charge in [0.05, 0.1) is 20.3 Å². The first-order valence-electron chi connectivity index (χ1n) is 12.1. The van der Waals surface area contributed by atoms with Crippen LogP contribution in [0.5, 0.6) is 11.5 Å². The summed E-state index contributed by atoms with van der Waals surface area (Å²) in [6, 6.07) is 12.6. The zero-order valence-electron chi connectivity index (χ0n) is 21.5. The Morgan fingerprint density at radius 2 is 1.71 bits per heavy atom. The summed E-state index contributed by atoms with van der Waals surface area (Å²) >= 11 is 0. The zero-order valence-corrected chi connectivity index (χ0v) is 22.4. The van der Waals surface area contributed by atoms with Gasteiger partial charge in [0, 0.05) is 36.7 Å². The Hall–Kier alpha value is -2.01. The molecule has 3 rings (SSSR count). The lowest BCUT2D eigenvalue weighted by atomic mass is 9.75. The molecule has 6 nitrogen and oxygen atoms in total. The third kappa shape index (κ3) is 5.62. The van der Waals surface area contributed by atoms with Crippen molar-refractivity contribution in [1.29, 1.82) is 0 Å². The molecule has 0 saturated heterocycles. The minimum Gasteiger partial charge on any atom is -0.497 e. The van der Waals surface area contributed by atoms with Crippen LogP contribution in [0, 0.1) is 17.8 Å². The lowest BCUT2D eigenvalue weighted by Gasteiger charge is -2.40. The van der Waals surface area contributed by atoms with Crippen LogP contribution in [0.15, 0.2) is 42.5 Å². The van der Waals surface area contributed by atoms with Crippen molar-refractivity contribution >= 4 is 18.4 Å². The normalized spacial score (nSPS) is 23.3. The van der Waals surface area contributed by atoms with Crippen molar-refractivity contribution in [3.05, 3.63) is 48.0 Å². The van der Waals surface area contributed by atoms with Crippen molar-refractivity contribution < 1.29 is 23.7 Å². The number of hydrogen-bond acceptors (Lipinski definition) is 6.